The van der Waals surface area contributed by atoms with Gasteiger partial charge in [-0.05, 0) is 5.56 Å². The smallest absolute Gasteiger partial charge is 0.323 e. The van der Waals surface area contributed by atoms with Gasteiger partial charge in [0.25, 0.3) is 0 Å². The van der Waals surface area contributed by atoms with Gasteiger partial charge in [0, 0.05) is 6.54 Å². The Morgan fingerprint density at radius 2 is 1.79 bits per heavy atom. The molecule has 0 spiro atoms. The maximum absolute atomic E-state index is 11.7. The average molecular weight is 265 g/mol. The van der Waals surface area contributed by atoms with E-state index in [2.05, 4.69) is 5.32 Å². The molecule has 7 nitrogen and oxygen atoms in total. The normalized spacial score (nSPS) is 9.68. The zero-order chi connectivity index (χ0) is 14.3. The topological polar surface area (TPSA) is 113 Å². The Morgan fingerprint density at radius 1 is 1.16 bits per heavy atom. The van der Waals surface area contributed by atoms with Gasteiger partial charge >= 0.3 is 12.0 Å². The molecule has 102 valence electrons. The number of nitrogens with two attached hydrogens (primary N) is 1. The number of rotatable bonds is 6. The monoisotopic (exact) mass is 265 g/mol. The minimum atomic E-state index is -1.21. The van der Waals surface area contributed by atoms with E-state index in [4.69, 9.17) is 10.8 Å². The van der Waals surface area contributed by atoms with Crippen LogP contribution in [-0.4, -0.2) is 41.0 Å². The Morgan fingerprint density at radius 3 is 2.32 bits per heavy atom. The SMILES string of the molecule is NC(=O)CN(CC(=O)O)C(=O)NCc1ccccc1. The second kappa shape index (κ2) is 7.00. The molecular weight excluding hydrogens is 250 g/mol. The molecule has 3 amide bonds. The first-order chi connectivity index (χ1) is 8.99. The van der Waals surface area contributed by atoms with E-state index >= 15 is 0 Å². The van der Waals surface area contributed by atoms with Crippen LogP contribution >= 0.6 is 0 Å². The molecule has 4 N–H and O–H groups in total. The fourth-order valence-electron chi connectivity index (χ4n) is 1.44. The number of amides is 3. The number of benzene rings is 1. The minimum absolute atomic E-state index is 0.245. The highest BCUT2D eigenvalue weighted by atomic mass is 16.4. The van der Waals surface area contributed by atoms with E-state index in [9.17, 15) is 14.4 Å². The zero-order valence-corrected chi connectivity index (χ0v) is 10.2. The summed E-state index contributed by atoms with van der Waals surface area (Å²) in [7, 11) is 0. The minimum Gasteiger partial charge on any atom is -0.480 e. The Labute approximate surface area is 110 Å². The summed E-state index contributed by atoms with van der Waals surface area (Å²) in [6, 6.07) is 8.46. The van der Waals surface area contributed by atoms with Crippen LogP contribution in [0.5, 0.6) is 0 Å². The van der Waals surface area contributed by atoms with Gasteiger partial charge in [0.05, 0.1) is 0 Å². The Kier molecular flexibility index (Phi) is 5.34. The predicted octanol–water partition coefficient (Wildman–Crippen LogP) is -0.232. The van der Waals surface area contributed by atoms with Crippen molar-refractivity contribution in [2.24, 2.45) is 5.73 Å². The van der Waals surface area contributed by atoms with Crippen LogP contribution in [0.2, 0.25) is 0 Å². The van der Waals surface area contributed by atoms with Crippen LogP contribution in [0.25, 0.3) is 0 Å². The van der Waals surface area contributed by atoms with Gasteiger partial charge in [-0.3, -0.25) is 9.59 Å². The molecule has 0 aromatic heterocycles. The van der Waals surface area contributed by atoms with Crippen molar-refractivity contribution < 1.29 is 19.5 Å². The molecule has 1 aromatic carbocycles. The summed E-state index contributed by atoms with van der Waals surface area (Å²) in [5.41, 5.74) is 5.83. The molecule has 0 heterocycles. The molecule has 1 aromatic rings. The van der Waals surface area contributed by atoms with Crippen LogP contribution in [0.3, 0.4) is 0 Å². The molecule has 0 unspecified atom stereocenters. The molecular formula is C12H15N3O4. The molecule has 0 aliphatic rings. The second-order valence-corrected chi connectivity index (χ2v) is 3.86. The molecule has 7 heteroatoms. The number of carbonyl (C=O) groups is 3. The van der Waals surface area contributed by atoms with Gasteiger partial charge in [-0.1, -0.05) is 30.3 Å². The lowest BCUT2D eigenvalue weighted by Gasteiger charge is -2.19. The van der Waals surface area contributed by atoms with Gasteiger partial charge in [0.1, 0.15) is 13.1 Å². The second-order valence-electron chi connectivity index (χ2n) is 3.86. The highest BCUT2D eigenvalue weighted by Crippen LogP contribution is 1.98. The van der Waals surface area contributed by atoms with Gasteiger partial charge in [-0.25, -0.2) is 4.79 Å². The quantitative estimate of drug-likeness (QED) is 0.659. The summed E-state index contributed by atoms with van der Waals surface area (Å²) in [5, 5.41) is 11.2. The van der Waals surface area contributed by atoms with Crippen LogP contribution in [0.1, 0.15) is 5.56 Å². The van der Waals surface area contributed by atoms with Crippen LogP contribution in [0, 0.1) is 0 Å². The number of hydrogen-bond donors (Lipinski definition) is 3. The summed E-state index contributed by atoms with van der Waals surface area (Å²) in [6.45, 7) is -0.773. The van der Waals surface area contributed by atoms with Crippen molar-refractivity contribution in [1.82, 2.24) is 10.2 Å². The van der Waals surface area contributed by atoms with Crippen LogP contribution in [-0.2, 0) is 16.1 Å². The first kappa shape index (κ1) is 14.5. The van der Waals surface area contributed by atoms with E-state index in [0.717, 1.165) is 10.5 Å². The van der Waals surface area contributed by atoms with Crippen molar-refractivity contribution in [1.29, 1.82) is 0 Å². The summed E-state index contributed by atoms with van der Waals surface area (Å²) < 4.78 is 0. The molecule has 0 bridgehead atoms. The summed E-state index contributed by atoms with van der Waals surface area (Å²) >= 11 is 0. The van der Waals surface area contributed by atoms with E-state index in [1.807, 2.05) is 30.3 Å². The van der Waals surface area contributed by atoms with E-state index in [0.29, 0.717) is 0 Å². The molecule has 19 heavy (non-hydrogen) atoms. The molecule has 0 saturated heterocycles. The van der Waals surface area contributed by atoms with Crippen LogP contribution < -0.4 is 11.1 Å². The average Bonchev–Trinajstić information content (AvgIpc) is 2.35. The third kappa shape index (κ3) is 5.53. The van der Waals surface area contributed by atoms with Gasteiger partial charge in [0.15, 0.2) is 0 Å². The number of nitrogens with one attached hydrogen (secondary N) is 1. The Hall–Kier alpha value is -2.57. The number of urea groups is 1. The predicted molar refractivity (Wildman–Crippen MR) is 67.1 cm³/mol. The Bertz CT molecular complexity index is 445. The third-order valence-electron chi connectivity index (χ3n) is 2.25. The number of carbonyl (C=O) groups excluding carboxylic acids is 2. The number of nitrogens with zero attached hydrogens (tertiary/aromatic N) is 1. The van der Waals surface area contributed by atoms with Crippen molar-refractivity contribution in [2.75, 3.05) is 13.1 Å². The van der Waals surface area contributed by atoms with Crippen LogP contribution in [0.4, 0.5) is 4.79 Å². The standard InChI is InChI=1S/C12H15N3O4/c13-10(16)7-15(8-11(17)18)12(19)14-6-9-4-2-1-3-5-9/h1-5H,6-8H2,(H2,13,16)(H,14,19)(H,17,18). The van der Waals surface area contributed by atoms with Crippen molar-refractivity contribution in [2.45, 2.75) is 6.54 Å². The van der Waals surface area contributed by atoms with Crippen LogP contribution in [0.15, 0.2) is 30.3 Å². The highest BCUT2D eigenvalue weighted by molar-refractivity contribution is 5.85. The van der Waals surface area contributed by atoms with Crippen molar-refractivity contribution in [3.8, 4) is 0 Å². The lowest BCUT2D eigenvalue weighted by atomic mass is 10.2. The molecule has 0 aliphatic carbocycles. The lowest BCUT2D eigenvalue weighted by molar-refractivity contribution is -0.137. The summed E-state index contributed by atoms with van der Waals surface area (Å²) in [5.74, 6) is -1.98. The van der Waals surface area contributed by atoms with E-state index < -0.39 is 31.0 Å². The van der Waals surface area contributed by atoms with Crippen molar-refractivity contribution in [3.63, 3.8) is 0 Å². The molecule has 1 rings (SSSR count). The first-order valence-electron chi connectivity index (χ1n) is 5.56. The van der Waals surface area contributed by atoms with Gasteiger partial charge in [-0.2, -0.15) is 0 Å². The van der Waals surface area contributed by atoms with Gasteiger partial charge < -0.3 is 21.1 Å². The number of primary amides is 1. The number of hydrogen-bond acceptors (Lipinski definition) is 3. The third-order valence-corrected chi connectivity index (χ3v) is 2.25. The van der Waals surface area contributed by atoms with E-state index in [1.165, 1.54) is 0 Å². The summed E-state index contributed by atoms with van der Waals surface area (Å²) in [6.07, 6.45) is 0. The molecule has 0 saturated carbocycles. The first-order valence-corrected chi connectivity index (χ1v) is 5.56. The fraction of sp³-hybridized carbons (Fsp3) is 0.250. The molecule has 0 fully saturated rings. The Balaban J connectivity index is 2.56. The lowest BCUT2D eigenvalue weighted by Crippen LogP contribution is -2.46. The van der Waals surface area contributed by atoms with Crippen molar-refractivity contribution in [3.05, 3.63) is 35.9 Å². The number of aliphatic carboxylic acids is 1. The zero-order valence-electron chi connectivity index (χ0n) is 10.2. The highest BCUT2D eigenvalue weighted by Gasteiger charge is 2.18. The van der Waals surface area contributed by atoms with Gasteiger partial charge in [0.2, 0.25) is 5.91 Å². The van der Waals surface area contributed by atoms with E-state index in [1.54, 1.807) is 0 Å². The van der Waals surface area contributed by atoms with Crippen molar-refractivity contribution >= 4 is 17.9 Å². The number of carboxylic acids is 1. The summed E-state index contributed by atoms with van der Waals surface area (Å²) in [4.78, 5) is 33.9. The maximum atomic E-state index is 11.7. The molecule has 0 atom stereocenters. The van der Waals surface area contributed by atoms with Gasteiger partial charge in [-0.15, -0.1) is 0 Å². The molecule has 0 aliphatic heterocycles. The number of carboxylic acid groups (broad SMARTS) is 1. The molecule has 0 radical (unpaired) electrons. The van der Waals surface area contributed by atoms with E-state index in [-0.39, 0.29) is 6.54 Å². The largest absolute Gasteiger partial charge is 0.480 e. The maximum Gasteiger partial charge on any atom is 0.323 e. The fourth-order valence-corrected chi connectivity index (χ4v) is 1.44.